The van der Waals surface area contributed by atoms with Crippen LogP contribution in [0.4, 0.5) is 9.93 Å². The molecule has 0 saturated heterocycles. The molecule has 0 unspecified atom stereocenters. The summed E-state index contributed by atoms with van der Waals surface area (Å²) in [5, 5.41) is 10.9. The number of furan rings is 1. The lowest BCUT2D eigenvalue weighted by atomic mass is 10.3. The molecule has 0 aliphatic heterocycles. The van der Waals surface area contributed by atoms with Gasteiger partial charge in [-0.3, -0.25) is 5.32 Å². The first-order valence-corrected chi connectivity index (χ1v) is 8.51. The Hall–Kier alpha value is -1.89. The summed E-state index contributed by atoms with van der Waals surface area (Å²) in [6, 6.07) is 4.23. The number of rotatable bonds is 5. The minimum atomic E-state index is -0.128. The monoisotopic (exact) mass is 318 g/mol. The summed E-state index contributed by atoms with van der Waals surface area (Å²) in [7, 11) is 0. The molecule has 6 nitrogen and oxygen atoms in total. The Kier molecular flexibility index (Phi) is 3.37. The molecular weight excluding hydrogens is 300 g/mol. The van der Waals surface area contributed by atoms with Crippen molar-refractivity contribution in [3.05, 3.63) is 29.2 Å². The summed E-state index contributed by atoms with van der Waals surface area (Å²) in [5.41, 5.74) is 1.60. The molecule has 2 heterocycles. The van der Waals surface area contributed by atoms with Crippen LogP contribution in [0.3, 0.4) is 0 Å². The summed E-state index contributed by atoms with van der Waals surface area (Å²) in [5.74, 6) is 3.20. The van der Waals surface area contributed by atoms with Crippen molar-refractivity contribution in [2.45, 2.75) is 44.7 Å². The van der Waals surface area contributed by atoms with Gasteiger partial charge in [-0.15, -0.1) is 10.2 Å². The SMILES string of the molecule is C[C@H]1C[C@@H]1c1ccc(CN(C(=O)Nc2nncs2)C2CC2)o1. The minimum absolute atomic E-state index is 0.128. The van der Waals surface area contributed by atoms with Crippen LogP contribution < -0.4 is 5.32 Å². The molecule has 116 valence electrons. The number of nitrogens with one attached hydrogen (secondary N) is 1. The van der Waals surface area contributed by atoms with Gasteiger partial charge < -0.3 is 9.32 Å². The van der Waals surface area contributed by atoms with Crippen molar-refractivity contribution in [3.63, 3.8) is 0 Å². The largest absolute Gasteiger partial charge is 0.464 e. The van der Waals surface area contributed by atoms with E-state index in [4.69, 9.17) is 4.42 Å². The Balaban J connectivity index is 1.43. The number of hydrogen-bond donors (Lipinski definition) is 1. The van der Waals surface area contributed by atoms with Gasteiger partial charge in [0, 0.05) is 12.0 Å². The maximum Gasteiger partial charge on any atom is 0.324 e. The van der Waals surface area contributed by atoms with Gasteiger partial charge in [-0.2, -0.15) is 0 Å². The Morgan fingerprint density at radius 2 is 2.32 bits per heavy atom. The van der Waals surface area contributed by atoms with E-state index < -0.39 is 0 Å². The fourth-order valence-electron chi connectivity index (χ4n) is 2.71. The molecule has 2 aromatic heterocycles. The smallest absolute Gasteiger partial charge is 0.324 e. The van der Waals surface area contributed by atoms with Gasteiger partial charge in [-0.25, -0.2) is 4.79 Å². The Morgan fingerprint density at radius 1 is 1.50 bits per heavy atom. The molecule has 2 aromatic rings. The third-order valence-corrected chi connectivity index (χ3v) is 4.91. The van der Waals surface area contributed by atoms with E-state index in [9.17, 15) is 4.79 Å². The Bertz CT molecular complexity index is 665. The second-order valence-electron chi connectivity index (χ2n) is 6.16. The summed E-state index contributed by atoms with van der Waals surface area (Å²) in [6.07, 6.45) is 3.31. The normalized spacial score (nSPS) is 23.3. The van der Waals surface area contributed by atoms with Crippen LogP contribution in [0.1, 0.15) is 43.6 Å². The number of anilines is 1. The highest BCUT2D eigenvalue weighted by Crippen LogP contribution is 2.47. The zero-order valence-electron chi connectivity index (χ0n) is 12.4. The third kappa shape index (κ3) is 2.85. The summed E-state index contributed by atoms with van der Waals surface area (Å²) in [4.78, 5) is 14.2. The molecule has 2 aliphatic carbocycles. The Morgan fingerprint density at radius 3 is 2.95 bits per heavy atom. The average Bonchev–Trinajstić information content (AvgIpc) is 3.36. The van der Waals surface area contributed by atoms with Gasteiger partial charge in [0.05, 0.1) is 6.54 Å². The standard InChI is InChI=1S/C15H18N4O2S/c1-9-6-12(9)13-5-4-11(21-13)7-19(10-2-3-10)15(20)17-14-18-16-8-22-14/h4-5,8-10,12H,2-3,6-7H2,1H3,(H,17,18,20)/t9-,12-/m0/s1. The zero-order valence-corrected chi connectivity index (χ0v) is 13.2. The van der Waals surface area contributed by atoms with Gasteiger partial charge in [0.15, 0.2) is 0 Å². The van der Waals surface area contributed by atoms with Gasteiger partial charge in [-0.05, 0) is 37.3 Å². The van der Waals surface area contributed by atoms with Crippen molar-refractivity contribution >= 4 is 22.5 Å². The molecule has 0 aromatic carbocycles. The Labute approximate surface area is 132 Å². The fourth-order valence-corrected chi connectivity index (χ4v) is 3.14. The van der Waals surface area contributed by atoms with Gasteiger partial charge >= 0.3 is 6.03 Å². The molecule has 2 aliphatic rings. The molecule has 0 bridgehead atoms. The van der Waals surface area contributed by atoms with E-state index in [1.54, 1.807) is 5.51 Å². The van der Waals surface area contributed by atoms with Crippen LogP contribution in [0.2, 0.25) is 0 Å². The van der Waals surface area contributed by atoms with E-state index in [1.807, 2.05) is 11.0 Å². The lowest BCUT2D eigenvalue weighted by Crippen LogP contribution is -2.36. The quantitative estimate of drug-likeness (QED) is 0.916. The van der Waals surface area contributed by atoms with E-state index >= 15 is 0 Å². The molecule has 0 spiro atoms. The predicted molar refractivity (Wildman–Crippen MR) is 82.7 cm³/mol. The van der Waals surface area contributed by atoms with E-state index in [-0.39, 0.29) is 6.03 Å². The number of urea groups is 1. The molecule has 0 radical (unpaired) electrons. The van der Waals surface area contributed by atoms with Crippen molar-refractivity contribution in [2.75, 3.05) is 5.32 Å². The second kappa shape index (κ2) is 5.39. The van der Waals surface area contributed by atoms with Gasteiger partial charge in [0.25, 0.3) is 0 Å². The predicted octanol–water partition coefficient (Wildman–Crippen LogP) is 3.45. The summed E-state index contributed by atoms with van der Waals surface area (Å²) >= 11 is 1.32. The second-order valence-corrected chi connectivity index (χ2v) is 6.99. The van der Waals surface area contributed by atoms with Crippen molar-refractivity contribution in [3.8, 4) is 0 Å². The third-order valence-electron chi connectivity index (χ3n) is 4.31. The average molecular weight is 318 g/mol. The first-order valence-electron chi connectivity index (χ1n) is 7.63. The van der Waals surface area contributed by atoms with E-state index in [1.165, 1.54) is 17.8 Å². The van der Waals surface area contributed by atoms with Crippen LogP contribution in [-0.2, 0) is 6.54 Å². The number of aromatic nitrogens is 2. The molecule has 7 heteroatoms. The molecule has 2 atom stereocenters. The van der Waals surface area contributed by atoms with Crippen LogP contribution in [0.5, 0.6) is 0 Å². The lowest BCUT2D eigenvalue weighted by Gasteiger charge is -2.20. The molecule has 1 N–H and O–H groups in total. The molecular formula is C15H18N4O2S. The van der Waals surface area contributed by atoms with E-state index in [0.717, 1.165) is 30.3 Å². The highest BCUT2D eigenvalue weighted by molar-refractivity contribution is 7.13. The van der Waals surface area contributed by atoms with E-state index in [0.29, 0.717) is 23.6 Å². The first kappa shape index (κ1) is 13.8. The number of carbonyl (C=O) groups is 1. The van der Waals surface area contributed by atoms with Gasteiger partial charge in [0.1, 0.15) is 17.0 Å². The van der Waals surface area contributed by atoms with Crippen molar-refractivity contribution in [2.24, 2.45) is 5.92 Å². The highest BCUT2D eigenvalue weighted by atomic mass is 32.1. The topological polar surface area (TPSA) is 71.3 Å². The molecule has 22 heavy (non-hydrogen) atoms. The molecule has 2 amide bonds. The number of hydrogen-bond acceptors (Lipinski definition) is 5. The van der Waals surface area contributed by atoms with Crippen LogP contribution in [0, 0.1) is 5.92 Å². The van der Waals surface area contributed by atoms with Gasteiger partial charge in [-0.1, -0.05) is 18.3 Å². The lowest BCUT2D eigenvalue weighted by molar-refractivity contribution is 0.200. The highest BCUT2D eigenvalue weighted by Gasteiger charge is 2.37. The number of amides is 2. The number of carbonyl (C=O) groups excluding carboxylic acids is 1. The van der Waals surface area contributed by atoms with Gasteiger partial charge in [0.2, 0.25) is 5.13 Å². The molecule has 4 rings (SSSR count). The van der Waals surface area contributed by atoms with Crippen LogP contribution in [-0.4, -0.2) is 27.2 Å². The molecule has 2 saturated carbocycles. The maximum atomic E-state index is 12.4. The first-order chi connectivity index (χ1) is 10.7. The summed E-state index contributed by atoms with van der Waals surface area (Å²) in [6.45, 7) is 2.75. The maximum absolute atomic E-state index is 12.4. The van der Waals surface area contributed by atoms with Crippen LogP contribution in [0.15, 0.2) is 22.1 Å². The number of nitrogens with zero attached hydrogens (tertiary/aromatic N) is 3. The fraction of sp³-hybridized carbons (Fsp3) is 0.533. The van der Waals surface area contributed by atoms with Crippen LogP contribution >= 0.6 is 11.3 Å². The minimum Gasteiger partial charge on any atom is -0.464 e. The zero-order chi connectivity index (χ0) is 15.1. The van der Waals surface area contributed by atoms with E-state index in [2.05, 4.69) is 28.5 Å². The van der Waals surface area contributed by atoms with Crippen molar-refractivity contribution in [1.29, 1.82) is 0 Å². The summed E-state index contributed by atoms with van der Waals surface area (Å²) < 4.78 is 5.92. The van der Waals surface area contributed by atoms with Crippen molar-refractivity contribution in [1.82, 2.24) is 15.1 Å². The van der Waals surface area contributed by atoms with Crippen LogP contribution in [0.25, 0.3) is 0 Å². The van der Waals surface area contributed by atoms with Crippen molar-refractivity contribution < 1.29 is 9.21 Å². The molecule has 2 fully saturated rings.